The Labute approximate surface area is 91.9 Å². The van der Waals surface area contributed by atoms with Crippen LogP contribution in [0.1, 0.15) is 12.8 Å². The molecule has 4 nitrogen and oxygen atoms in total. The summed E-state index contributed by atoms with van der Waals surface area (Å²) < 4.78 is 6.05. The van der Waals surface area contributed by atoms with Crippen molar-refractivity contribution < 1.29 is 4.74 Å². The van der Waals surface area contributed by atoms with Crippen LogP contribution >= 0.6 is 23.6 Å². The Morgan fingerprint density at radius 2 is 2.29 bits per heavy atom. The molecule has 1 aliphatic rings. The van der Waals surface area contributed by atoms with E-state index in [0.717, 1.165) is 35.0 Å². The summed E-state index contributed by atoms with van der Waals surface area (Å²) in [5, 5.41) is 7.97. The molecule has 6 heteroatoms. The van der Waals surface area contributed by atoms with Gasteiger partial charge in [-0.1, -0.05) is 11.3 Å². The maximum absolute atomic E-state index is 5.31. The number of H-pyrrole nitrogens is 1. The van der Waals surface area contributed by atoms with E-state index in [1.807, 2.05) is 0 Å². The van der Waals surface area contributed by atoms with E-state index < -0.39 is 0 Å². The third-order valence-corrected chi connectivity index (χ3v) is 3.62. The predicted octanol–water partition coefficient (Wildman–Crippen LogP) is 1.82. The number of methoxy groups -OCH3 is 1. The van der Waals surface area contributed by atoms with Gasteiger partial charge in [-0.3, -0.25) is 5.10 Å². The van der Waals surface area contributed by atoms with Crippen LogP contribution in [0.15, 0.2) is 0 Å². The van der Waals surface area contributed by atoms with Crippen molar-refractivity contribution >= 4 is 28.7 Å². The topological polar surface area (TPSA) is 41.1 Å². The van der Waals surface area contributed by atoms with Crippen LogP contribution in [-0.2, 0) is 4.74 Å². The molecule has 0 saturated carbocycles. The van der Waals surface area contributed by atoms with Crippen molar-refractivity contribution in [2.45, 2.75) is 18.9 Å². The van der Waals surface area contributed by atoms with Gasteiger partial charge in [-0.25, -0.2) is 0 Å². The first-order chi connectivity index (χ1) is 6.79. The highest BCUT2D eigenvalue weighted by Crippen LogP contribution is 2.22. The van der Waals surface area contributed by atoms with Gasteiger partial charge in [-0.15, -0.1) is 5.10 Å². The third-order valence-electron chi connectivity index (χ3n) is 2.47. The van der Waals surface area contributed by atoms with E-state index in [4.69, 9.17) is 17.0 Å². The molecule has 2 rings (SSSR count). The number of ether oxygens (including phenoxy) is 1. The maximum Gasteiger partial charge on any atom is 0.206 e. The lowest BCUT2D eigenvalue weighted by Crippen LogP contribution is -2.36. The van der Waals surface area contributed by atoms with Gasteiger partial charge < -0.3 is 9.64 Å². The van der Waals surface area contributed by atoms with Crippen LogP contribution in [0.4, 0.5) is 5.13 Å². The molecule has 1 N–H and O–H groups in total. The SMILES string of the molecule is COC1CCN(c2n[nH]c(=S)s2)CC1. The number of aromatic nitrogens is 2. The van der Waals surface area contributed by atoms with Crippen LogP contribution in [0.5, 0.6) is 0 Å². The fraction of sp³-hybridized carbons (Fsp3) is 0.750. The summed E-state index contributed by atoms with van der Waals surface area (Å²) in [6.07, 6.45) is 2.56. The molecule has 78 valence electrons. The lowest BCUT2D eigenvalue weighted by molar-refractivity contribution is 0.0819. The maximum atomic E-state index is 5.31. The van der Waals surface area contributed by atoms with Crippen molar-refractivity contribution in [2.24, 2.45) is 0 Å². The van der Waals surface area contributed by atoms with Crippen molar-refractivity contribution in [3.05, 3.63) is 3.95 Å². The Hall–Kier alpha value is -0.460. The van der Waals surface area contributed by atoms with Gasteiger partial charge in [0.1, 0.15) is 0 Å². The second-order valence-electron chi connectivity index (χ2n) is 3.32. The minimum Gasteiger partial charge on any atom is -0.381 e. The predicted molar refractivity (Wildman–Crippen MR) is 59.5 cm³/mol. The molecule has 1 fully saturated rings. The summed E-state index contributed by atoms with van der Waals surface area (Å²) in [6, 6.07) is 0. The molecule has 0 unspecified atom stereocenters. The highest BCUT2D eigenvalue weighted by molar-refractivity contribution is 7.73. The molecule has 0 aromatic carbocycles. The van der Waals surface area contributed by atoms with E-state index in [1.54, 1.807) is 7.11 Å². The van der Waals surface area contributed by atoms with Crippen LogP contribution in [0.2, 0.25) is 0 Å². The number of nitrogens with one attached hydrogen (secondary N) is 1. The largest absolute Gasteiger partial charge is 0.381 e. The monoisotopic (exact) mass is 231 g/mol. The summed E-state index contributed by atoms with van der Waals surface area (Å²) in [6.45, 7) is 2.02. The van der Waals surface area contributed by atoms with Crippen LogP contribution < -0.4 is 4.90 Å². The van der Waals surface area contributed by atoms with E-state index in [-0.39, 0.29) is 0 Å². The molecule has 0 aliphatic carbocycles. The average Bonchev–Trinajstić information content (AvgIpc) is 2.65. The van der Waals surface area contributed by atoms with E-state index in [2.05, 4.69) is 15.1 Å². The van der Waals surface area contributed by atoms with E-state index in [0.29, 0.717) is 6.10 Å². The number of hydrogen-bond acceptors (Lipinski definition) is 5. The zero-order chi connectivity index (χ0) is 9.97. The Kier molecular flexibility index (Phi) is 3.15. The molecule has 0 radical (unpaired) electrons. The average molecular weight is 231 g/mol. The summed E-state index contributed by atoms with van der Waals surface area (Å²) in [7, 11) is 1.78. The van der Waals surface area contributed by atoms with Crippen molar-refractivity contribution in [1.82, 2.24) is 10.2 Å². The molecule has 1 aliphatic heterocycles. The highest BCUT2D eigenvalue weighted by atomic mass is 32.1. The summed E-state index contributed by atoms with van der Waals surface area (Å²) in [5.74, 6) is 0. The van der Waals surface area contributed by atoms with E-state index in [9.17, 15) is 0 Å². The molecule has 2 heterocycles. The quantitative estimate of drug-likeness (QED) is 0.788. The van der Waals surface area contributed by atoms with Crippen LogP contribution in [0.25, 0.3) is 0 Å². The molecule has 14 heavy (non-hydrogen) atoms. The van der Waals surface area contributed by atoms with Gasteiger partial charge in [0.2, 0.25) is 5.13 Å². The summed E-state index contributed by atoms with van der Waals surface area (Å²) in [4.78, 5) is 2.26. The van der Waals surface area contributed by atoms with Crippen molar-refractivity contribution in [1.29, 1.82) is 0 Å². The van der Waals surface area contributed by atoms with E-state index >= 15 is 0 Å². The Balaban J connectivity index is 1.98. The standard InChI is InChI=1S/C8H13N3OS2/c1-12-6-2-4-11(5-3-6)7-9-10-8(13)14-7/h6H,2-5H2,1H3,(H,10,13). The molecule has 1 aromatic rings. The fourth-order valence-electron chi connectivity index (χ4n) is 1.64. The van der Waals surface area contributed by atoms with Crippen molar-refractivity contribution in [3.63, 3.8) is 0 Å². The van der Waals surface area contributed by atoms with Gasteiger partial charge in [-0.05, 0) is 25.1 Å². The first-order valence-corrected chi connectivity index (χ1v) is 5.85. The van der Waals surface area contributed by atoms with Gasteiger partial charge in [0.15, 0.2) is 3.95 Å². The lowest BCUT2D eigenvalue weighted by atomic mass is 10.1. The smallest absolute Gasteiger partial charge is 0.206 e. The Morgan fingerprint density at radius 3 is 2.79 bits per heavy atom. The van der Waals surface area contributed by atoms with Crippen LogP contribution in [0.3, 0.4) is 0 Å². The second-order valence-corrected chi connectivity index (χ2v) is 4.96. The van der Waals surface area contributed by atoms with Gasteiger partial charge in [-0.2, -0.15) is 0 Å². The number of aromatic amines is 1. The Bertz CT molecular complexity index is 340. The Morgan fingerprint density at radius 1 is 1.57 bits per heavy atom. The first-order valence-electron chi connectivity index (χ1n) is 4.63. The zero-order valence-electron chi connectivity index (χ0n) is 8.02. The molecular formula is C8H13N3OS2. The molecule has 0 spiro atoms. The normalized spacial score (nSPS) is 18.8. The molecule has 0 atom stereocenters. The van der Waals surface area contributed by atoms with Crippen LogP contribution in [0, 0.1) is 3.95 Å². The van der Waals surface area contributed by atoms with Crippen LogP contribution in [-0.4, -0.2) is 36.5 Å². The third kappa shape index (κ3) is 2.13. The molecule has 1 aromatic heterocycles. The van der Waals surface area contributed by atoms with Crippen molar-refractivity contribution in [2.75, 3.05) is 25.1 Å². The minimum absolute atomic E-state index is 0.415. The molecule has 1 saturated heterocycles. The van der Waals surface area contributed by atoms with E-state index in [1.165, 1.54) is 11.3 Å². The zero-order valence-corrected chi connectivity index (χ0v) is 9.66. The molecule has 0 bridgehead atoms. The molecule has 0 amide bonds. The number of hydrogen-bond donors (Lipinski definition) is 1. The summed E-state index contributed by atoms with van der Waals surface area (Å²) >= 11 is 6.53. The van der Waals surface area contributed by atoms with Gasteiger partial charge in [0.25, 0.3) is 0 Å². The highest BCUT2D eigenvalue weighted by Gasteiger charge is 2.20. The number of nitrogens with zero attached hydrogens (tertiary/aromatic N) is 2. The molecular weight excluding hydrogens is 218 g/mol. The number of rotatable bonds is 2. The lowest BCUT2D eigenvalue weighted by Gasteiger charge is -2.30. The number of anilines is 1. The van der Waals surface area contributed by atoms with Gasteiger partial charge >= 0.3 is 0 Å². The minimum atomic E-state index is 0.415. The van der Waals surface area contributed by atoms with Crippen molar-refractivity contribution in [3.8, 4) is 0 Å². The summed E-state index contributed by atoms with van der Waals surface area (Å²) in [5.41, 5.74) is 0. The number of piperidine rings is 1. The fourth-order valence-corrected chi connectivity index (χ4v) is 2.57. The second kappa shape index (κ2) is 4.37. The first kappa shape index (κ1) is 10.1. The van der Waals surface area contributed by atoms with Gasteiger partial charge in [0.05, 0.1) is 6.10 Å². The van der Waals surface area contributed by atoms with Gasteiger partial charge in [0, 0.05) is 20.2 Å².